The van der Waals surface area contributed by atoms with Gasteiger partial charge in [-0.05, 0) is 109 Å². The molecular weight excluding hydrogens is 1420 g/mol. The molecule has 24 nitrogen and oxygen atoms in total. The lowest BCUT2D eigenvalue weighted by atomic mass is 10.0. The average molecular weight is 1580 g/mol. The summed E-state index contributed by atoms with van der Waals surface area (Å²) in [6.07, 6.45) is 57.4. The molecule has 0 spiro atoms. The Bertz CT molecular complexity index is 2040. The second-order valence-corrected chi connectivity index (χ2v) is 38.1. The van der Waals surface area contributed by atoms with E-state index in [-0.39, 0.29) is 32.6 Å². The average Bonchev–Trinajstić information content (AvgIpc) is 0.760. The van der Waals surface area contributed by atoms with Crippen LogP contribution in [0.25, 0.3) is 0 Å². The minimum atomic E-state index is -5.06. The fourth-order valence-corrected chi connectivity index (χ4v) is 19.5. The van der Waals surface area contributed by atoms with Gasteiger partial charge in [0.2, 0.25) is 10.0 Å². The van der Waals surface area contributed by atoms with Gasteiger partial charge in [-0.25, -0.2) is 0 Å². The summed E-state index contributed by atoms with van der Waals surface area (Å²) in [6.45, 7) is 12.1. The minimum Gasteiger partial charge on any atom is -0.381 e. The van der Waals surface area contributed by atoms with Crippen LogP contribution in [-0.2, 0) is 68.9 Å². The standard InChI is InChI=1S/C25H56N2O7P2.C24H54N2O7P2.C20H42O4P.C5H10N2/c1-6-7-8-9-10-11-12-13-14-15-16-17-18-19-21-33-22-20-23-34-36(29,32-5)25(26,24-27-2)35(28,30-3)31-4;1-3-4-5-6-7-8-9-10-11-12-13-14-15-16-21-32-22-18-23-33-35(30,31)24(25,34(27,28)29)19-17-20-26-2;1-3-4-5-6-7-8-11-14-17-23-20-24-18-15-12-9-10-13-16-19-25(21)22-2;1-7-5-3-2-4-6/h27H,6-24,26H2,1-5H3;26H,3-23,25H2,1-2H3,(H,30,31)(H2,27,28,29);3-20H2,1-2H3;7H,2-3,5H2,1H3/q;;+1;. The first-order valence-corrected chi connectivity index (χ1v) is 48.0. The van der Waals surface area contributed by atoms with Crippen molar-refractivity contribution in [3.63, 3.8) is 0 Å². The van der Waals surface area contributed by atoms with E-state index in [0.29, 0.717) is 65.2 Å². The summed E-state index contributed by atoms with van der Waals surface area (Å²) in [6, 6.07) is 2.06. The number of unbranched alkanes of at least 4 members (excludes halogenated alkanes) is 39. The number of nitrogens with one attached hydrogen (secondary N) is 3. The van der Waals surface area contributed by atoms with Crippen LogP contribution in [0.4, 0.5) is 0 Å². The summed E-state index contributed by atoms with van der Waals surface area (Å²) in [5.41, 5.74) is 12.0. The Morgan fingerprint density at radius 1 is 0.388 bits per heavy atom. The van der Waals surface area contributed by atoms with Crippen LogP contribution < -0.4 is 27.4 Å². The molecule has 0 saturated heterocycles. The molecule has 5 atom stereocenters. The van der Waals surface area contributed by atoms with Gasteiger partial charge >= 0.3 is 38.4 Å². The number of likely N-dealkylation sites (N-methyl/N-ethyl adjacent to an activating group) is 1. The largest absolute Gasteiger partial charge is 0.507 e. The van der Waals surface area contributed by atoms with Crippen molar-refractivity contribution in [2.45, 2.75) is 339 Å². The van der Waals surface area contributed by atoms with Crippen LogP contribution in [0.2, 0.25) is 0 Å². The Morgan fingerprint density at radius 2 is 0.699 bits per heavy atom. The van der Waals surface area contributed by atoms with Gasteiger partial charge in [-0.15, -0.1) is 4.52 Å². The smallest absolute Gasteiger partial charge is 0.381 e. The third kappa shape index (κ3) is 64.1. The van der Waals surface area contributed by atoms with Gasteiger partial charge in [-0.1, -0.05) is 252 Å². The summed E-state index contributed by atoms with van der Waals surface area (Å²) in [7, 11) is -8.99. The predicted octanol–water partition coefficient (Wildman–Crippen LogP) is 20.3. The lowest BCUT2D eigenvalue weighted by Gasteiger charge is -2.38. The van der Waals surface area contributed by atoms with Crippen LogP contribution in [0.5, 0.6) is 0 Å². The van der Waals surface area contributed by atoms with Crippen LogP contribution in [0.15, 0.2) is 0 Å². The summed E-state index contributed by atoms with van der Waals surface area (Å²) >= 11 is 0. The van der Waals surface area contributed by atoms with Crippen LogP contribution >= 0.6 is 38.4 Å². The summed E-state index contributed by atoms with van der Waals surface area (Å²) in [4.78, 5) is 29.3. The van der Waals surface area contributed by atoms with Crippen molar-refractivity contribution in [2.24, 2.45) is 11.5 Å². The molecule has 0 amide bonds. The van der Waals surface area contributed by atoms with Crippen molar-refractivity contribution in [1.82, 2.24) is 16.0 Å². The van der Waals surface area contributed by atoms with Crippen molar-refractivity contribution < 1.29 is 83.6 Å². The number of ether oxygens (including phenoxy) is 4. The number of nitrogens with two attached hydrogens (primary N) is 2. The highest BCUT2D eigenvalue weighted by atomic mass is 31.2. The van der Waals surface area contributed by atoms with Gasteiger partial charge in [0.25, 0.3) is 0 Å². The Morgan fingerprint density at radius 3 is 1.01 bits per heavy atom. The first-order chi connectivity index (χ1) is 49.6. The number of rotatable bonds is 77. The van der Waals surface area contributed by atoms with Gasteiger partial charge in [0, 0.05) is 73.9 Å². The van der Waals surface area contributed by atoms with Crippen molar-refractivity contribution in [2.75, 3.05) is 135 Å². The molecule has 0 aromatic carbocycles. The van der Waals surface area contributed by atoms with E-state index in [1.165, 1.54) is 253 Å². The molecule has 0 bridgehead atoms. The SMILES string of the molecule is CCCCCCCCCCCCCCCCOCCCOP(=O)(O)C(N)(CCCNC)P(=O)(O)O.CCCCCCCCCCCCCCCCOCCCOP(=O)(OC)C(N)(CNC)P(=O)(OC)OC.CCCCCCCCCCOCOCCCCCCCC[P+](=O)OC.CNCCCC#N. The molecule has 0 rings (SSSR count). The third-order valence-corrected chi connectivity index (χ3v) is 29.1. The Hall–Kier alpha value is -0.210. The monoisotopic (exact) mass is 1580 g/mol. The molecule has 0 aromatic rings. The summed E-state index contributed by atoms with van der Waals surface area (Å²) in [5.74, 6) is 0. The van der Waals surface area contributed by atoms with E-state index in [2.05, 4.69) is 42.8 Å². The molecule has 0 aliphatic heterocycles. The Balaban J connectivity index is -0.000000689. The minimum absolute atomic E-state index is 0.0833. The quantitative estimate of drug-likeness (QED) is 0.0159. The van der Waals surface area contributed by atoms with Crippen molar-refractivity contribution in [3.05, 3.63) is 0 Å². The fourth-order valence-electron chi connectivity index (χ4n) is 11.2. The van der Waals surface area contributed by atoms with Gasteiger partial charge in [-0.3, -0.25) is 18.3 Å². The molecule has 103 heavy (non-hydrogen) atoms. The number of nitriles is 1. The Labute approximate surface area is 631 Å². The van der Waals surface area contributed by atoms with E-state index < -0.39 is 48.5 Å². The fraction of sp³-hybridized carbons (Fsp3) is 0.986. The molecule has 0 aromatic heterocycles. The van der Waals surface area contributed by atoms with Gasteiger partial charge in [-0.2, -0.15) is 5.26 Å². The second kappa shape index (κ2) is 79.9. The number of hydrogen-bond acceptors (Lipinski definition) is 21. The van der Waals surface area contributed by atoms with Crippen molar-refractivity contribution >= 4 is 38.4 Å². The van der Waals surface area contributed by atoms with E-state index in [1.807, 2.05) is 7.05 Å². The molecule has 0 heterocycles. The molecule has 5 unspecified atom stereocenters. The van der Waals surface area contributed by atoms with E-state index >= 15 is 0 Å². The molecule has 29 heteroatoms. The van der Waals surface area contributed by atoms with Gasteiger partial charge in [0.15, 0.2) is 6.16 Å². The predicted molar refractivity (Wildman–Crippen MR) is 428 cm³/mol. The van der Waals surface area contributed by atoms with Gasteiger partial charge < -0.3 is 83.7 Å². The second-order valence-electron chi connectivity index (χ2n) is 27.0. The van der Waals surface area contributed by atoms with Crippen LogP contribution in [-0.4, -0.2) is 160 Å². The number of nitrogens with zero attached hydrogens (tertiary/aromatic N) is 1. The topological polar surface area (TPSA) is 350 Å². The third-order valence-electron chi connectivity index (χ3n) is 17.9. The molecule has 620 valence electrons. The molecule has 0 aliphatic carbocycles. The maximum atomic E-state index is 13.4. The maximum Gasteiger partial charge on any atom is 0.507 e. The molecule has 0 aliphatic rings. The van der Waals surface area contributed by atoms with E-state index in [0.717, 1.165) is 71.1 Å². The zero-order valence-corrected chi connectivity index (χ0v) is 71.9. The molecule has 10 N–H and O–H groups in total. The van der Waals surface area contributed by atoms with Crippen molar-refractivity contribution in [3.8, 4) is 6.07 Å². The lowest BCUT2D eigenvalue weighted by molar-refractivity contribution is -0.0556. The van der Waals surface area contributed by atoms with E-state index in [9.17, 15) is 37.5 Å². The van der Waals surface area contributed by atoms with Crippen LogP contribution in [0.1, 0.15) is 329 Å². The molecule has 0 radical (unpaired) electrons. The highest BCUT2D eigenvalue weighted by Gasteiger charge is 2.62. The zero-order chi connectivity index (χ0) is 77.6. The normalized spacial score (nSPS) is 14.2. The highest BCUT2D eigenvalue weighted by Crippen LogP contribution is 2.74. The Kier molecular flexibility index (Phi) is 84.6. The lowest BCUT2D eigenvalue weighted by Crippen LogP contribution is -2.48. The zero-order valence-electron chi connectivity index (χ0n) is 67.4. The maximum absolute atomic E-state index is 13.4. The number of hydrogen-bond donors (Lipinski definition) is 8. The molecule has 0 fully saturated rings. The first kappa shape index (κ1) is 109. The van der Waals surface area contributed by atoms with Crippen molar-refractivity contribution in [1.29, 1.82) is 5.26 Å². The van der Waals surface area contributed by atoms with Gasteiger partial charge in [0.1, 0.15) is 6.79 Å². The van der Waals surface area contributed by atoms with E-state index in [4.69, 9.17) is 62.8 Å². The van der Waals surface area contributed by atoms with Crippen LogP contribution in [0, 0.1) is 11.3 Å². The first-order valence-electron chi connectivity index (χ1n) is 40.4. The summed E-state index contributed by atoms with van der Waals surface area (Å²) in [5, 5.41) is 12.0. The van der Waals surface area contributed by atoms with Crippen LogP contribution in [0.3, 0.4) is 0 Å². The van der Waals surface area contributed by atoms with E-state index in [1.54, 1.807) is 14.1 Å². The summed E-state index contributed by atoms with van der Waals surface area (Å²) < 4.78 is 114. The molecular formula is C74H162N6O18P5+. The van der Waals surface area contributed by atoms with Gasteiger partial charge in [0.05, 0.1) is 26.4 Å². The molecule has 0 saturated carbocycles. The highest BCUT2D eigenvalue weighted by molar-refractivity contribution is 7.74.